The predicted molar refractivity (Wildman–Crippen MR) is 91.6 cm³/mol. The molecule has 5 atom stereocenters. The van der Waals surface area contributed by atoms with E-state index in [0.717, 1.165) is 12.3 Å². The van der Waals surface area contributed by atoms with Crippen molar-refractivity contribution in [2.45, 2.75) is 85.5 Å². The summed E-state index contributed by atoms with van der Waals surface area (Å²) in [5.74, 6) is 1.16. The highest BCUT2D eigenvalue weighted by molar-refractivity contribution is 5.08. The summed E-state index contributed by atoms with van der Waals surface area (Å²) in [6, 6.07) is 0. The minimum Gasteiger partial charge on any atom is -0.353 e. The molecule has 0 heterocycles. The molecule has 0 aliphatic heterocycles. The SMILES string of the molecule is CCOC(C)O[C@]1(C)CC[C@H]2C(C)(C)CCC[C@]2(C)[C@H]1CN. The highest BCUT2D eigenvalue weighted by Gasteiger charge is 2.58. The third-order valence-corrected chi connectivity index (χ3v) is 6.81. The van der Waals surface area contributed by atoms with E-state index in [2.05, 4.69) is 27.7 Å². The van der Waals surface area contributed by atoms with E-state index < -0.39 is 0 Å². The Bertz CT molecular complexity index is 384. The van der Waals surface area contributed by atoms with E-state index in [0.29, 0.717) is 24.5 Å². The van der Waals surface area contributed by atoms with Gasteiger partial charge in [-0.15, -0.1) is 0 Å². The van der Waals surface area contributed by atoms with E-state index in [9.17, 15) is 0 Å². The van der Waals surface area contributed by atoms with Gasteiger partial charge in [0, 0.05) is 12.5 Å². The molecule has 2 fully saturated rings. The summed E-state index contributed by atoms with van der Waals surface area (Å²) in [4.78, 5) is 0. The van der Waals surface area contributed by atoms with Crippen molar-refractivity contribution < 1.29 is 9.47 Å². The summed E-state index contributed by atoms with van der Waals surface area (Å²) < 4.78 is 12.1. The molecular formula is C19H37NO2. The Hall–Kier alpha value is -0.120. The molecule has 0 aromatic carbocycles. The number of fused-ring (bicyclic) bond motifs is 1. The molecule has 0 aromatic heterocycles. The molecule has 2 rings (SSSR count). The molecule has 2 N–H and O–H groups in total. The number of hydrogen-bond donors (Lipinski definition) is 1. The Morgan fingerprint density at radius 1 is 1.14 bits per heavy atom. The standard InChI is InChI=1S/C19H37NO2/c1-7-21-14(2)22-19(6)12-9-15-17(3,4)10-8-11-18(15,5)16(19)13-20/h14-16H,7-13,20H2,1-6H3/t14?,15-,16+,18-,19+/m0/s1. The molecule has 2 saturated carbocycles. The fourth-order valence-electron chi connectivity index (χ4n) is 5.91. The van der Waals surface area contributed by atoms with Crippen LogP contribution in [0.15, 0.2) is 0 Å². The Morgan fingerprint density at radius 2 is 1.82 bits per heavy atom. The van der Waals surface area contributed by atoms with Crippen LogP contribution in [-0.2, 0) is 9.47 Å². The number of hydrogen-bond acceptors (Lipinski definition) is 3. The zero-order chi connectivity index (χ0) is 16.6. The lowest BCUT2D eigenvalue weighted by Gasteiger charge is -2.62. The fraction of sp³-hybridized carbons (Fsp3) is 1.00. The van der Waals surface area contributed by atoms with Crippen LogP contribution in [0.1, 0.15) is 73.6 Å². The van der Waals surface area contributed by atoms with Crippen molar-refractivity contribution in [1.82, 2.24) is 0 Å². The van der Waals surface area contributed by atoms with Gasteiger partial charge in [0.15, 0.2) is 6.29 Å². The molecule has 0 amide bonds. The van der Waals surface area contributed by atoms with Crippen molar-refractivity contribution in [2.24, 2.45) is 28.4 Å². The summed E-state index contributed by atoms with van der Waals surface area (Å²) in [6.07, 6.45) is 6.13. The predicted octanol–water partition coefficient (Wildman–Crippen LogP) is 4.35. The molecule has 0 bridgehead atoms. The van der Waals surface area contributed by atoms with E-state index in [1.165, 1.54) is 25.7 Å². The molecule has 3 nitrogen and oxygen atoms in total. The maximum absolute atomic E-state index is 6.40. The van der Waals surface area contributed by atoms with E-state index in [1.54, 1.807) is 0 Å². The molecular weight excluding hydrogens is 274 g/mol. The van der Waals surface area contributed by atoms with E-state index in [1.807, 2.05) is 13.8 Å². The zero-order valence-electron chi connectivity index (χ0n) is 15.6. The van der Waals surface area contributed by atoms with Gasteiger partial charge in [-0.2, -0.15) is 0 Å². The van der Waals surface area contributed by atoms with Crippen molar-refractivity contribution in [3.05, 3.63) is 0 Å². The highest BCUT2D eigenvalue weighted by Crippen LogP contribution is 2.62. The van der Waals surface area contributed by atoms with E-state index in [4.69, 9.17) is 15.2 Å². The van der Waals surface area contributed by atoms with E-state index >= 15 is 0 Å². The summed E-state index contributed by atoms with van der Waals surface area (Å²) >= 11 is 0. The van der Waals surface area contributed by atoms with Crippen molar-refractivity contribution in [2.75, 3.05) is 13.2 Å². The van der Waals surface area contributed by atoms with Gasteiger partial charge >= 0.3 is 0 Å². The van der Waals surface area contributed by atoms with Gasteiger partial charge in [0.2, 0.25) is 0 Å². The van der Waals surface area contributed by atoms with Crippen molar-refractivity contribution in [3.63, 3.8) is 0 Å². The summed E-state index contributed by atoms with van der Waals surface area (Å²) in [5, 5.41) is 0. The molecule has 0 radical (unpaired) electrons. The van der Waals surface area contributed by atoms with Crippen LogP contribution in [0.4, 0.5) is 0 Å². The average Bonchev–Trinajstić information content (AvgIpc) is 2.37. The second kappa shape index (κ2) is 6.41. The molecule has 3 heteroatoms. The Morgan fingerprint density at radius 3 is 2.41 bits per heavy atom. The first kappa shape index (κ1) is 18.2. The number of ether oxygens (including phenoxy) is 2. The van der Waals surface area contributed by atoms with Crippen molar-refractivity contribution >= 4 is 0 Å². The van der Waals surface area contributed by atoms with Crippen LogP contribution in [0.3, 0.4) is 0 Å². The first-order valence-corrected chi connectivity index (χ1v) is 9.19. The van der Waals surface area contributed by atoms with Gasteiger partial charge in [-0.25, -0.2) is 0 Å². The van der Waals surface area contributed by atoms with Crippen LogP contribution < -0.4 is 5.73 Å². The molecule has 130 valence electrons. The third-order valence-electron chi connectivity index (χ3n) is 6.81. The second-order valence-electron chi connectivity index (χ2n) is 8.68. The lowest BCUT2D eigenvalue weighted by molar-refractivity contribution is -0.255. The first-order valence-electron chi connectivity index (χ1n) is 9.19. The second-order valence-corrected chi connectivity index (χ2v) is 8.68. The number of nitrogens with two attached hydrogens (primary N) is 1. The van der Waals surface area contributed by atoms with E-state index in [-0.39, 0.29) is 17.3 Å². The van der Waals surface area contributed by atoms with Gasteiger partial charge in [-0.05, 0) is 69.7 Å². The summed E-state index contributed by atoms with van der Waals surface area (Å²) in [6.45, 7) is 15.1. The maximum Gasteiger partial charge on any atom is 0.155 e. The zero-order valence-corrected chi connectivity index (χ0v) is 15.6. The van der Waals surface area contributed by atoms with Crippen LogP contribution in [0.5, 0.6) is 0 Å². The Labute approximate surface area is 137 Å². The van der Waals surface area contributed by atoms with Gasteiger partial charge in [-0.3, -0.25) is 0 Å². The summed E-state index contributed by atoms with van der Waals surface area (Å²) in [5.41, 5.74) is 6.83. The highest BCUT2D eigenvalue weighted by atomic mass is 16.7. The normalized spacial score (nSPS) is 42.7. The third kappa shape index (κ3) is 3.09. The average molecular weight is 312 g/mol. The van der Waals surface area contributed by atoms with Crippen LogP contribution in [0.2, 0.25) is 0 Å². The van der Waals surface area contributed by atoms with Crippen LogP contribution in [0, 0.1) is 22.7 Å². The van der Waals surface area contributed by atoms with Crippen LogP contribution in [-0.4, -0.2) is 25.0 Å². The van der Waals surface area contributed by atoms with Crippen LogP contribution >= 0.6 is 0 Å². The monoisotopic (exact) mass is 311 g/mol. The van der Waals surface area contributed by atoms with Crippen LogP contribution in [0.25, 0.3) is 0 Å². The Balaban J connectivity index is 2.26. The van der Waals surface area contributed by atoms with Crippen molar-refractivity contribution in [1.29, 1.82) is 0 Å². The largest absolute Gasteiger partial charge is 0.353 e. The van der Waals surface area contributed by atoms with Gasteiger partial charge in [0.25, 0.3) is 0 Å². The molecule has 0 spiro atoms. The number of rotatable bonds is 5. The van der Waals surface area contributed by atoms with Gasteiger partial charge < -0.3 is 15.2 Å². The maximum atomic E-state index is 6.40. The molecule has 22 heavy (non-hydrogen) atoms. The van der Waals surface area contributed by atoms with Crippen molar-refractivity contribution in [3.8, 4) is 0 Å². The van der Waals surface area contributed by atoms with Gasteiger partial charge in [0.1, 0.15) is 0 Å². The molecule has 2 aliphatic rings. The quantitative estimate of drug-likeness (QED) is 0.768. The summed E-state index contributed by atoms with van der Waals surface area (Å²) in [7, 11) is 0. The minimum absolute atomic E-state index is 0.152. The smallest absolute Gasteiger partial charge is 0.155 e. The molecule has 0 aromatic rings. The van der Waals surface area contributed by atoms with Gasteiger partial charge in [0.05, 0.1) is 5.60 Å². The lowest BCUT2D eigenvalue weighted by atomic mass is 9.45. The first-order chi connectivity index (χ1) is 10.2. The topological polar surface area (TPSA) is 44.5 Å². The Kier molecular flexibility index (Phi) is 5.31. The molecule has 0 saturated heterocycles. The van der Waals surface area contributed by atoms with Gasteiger partial charge in [-0.1, -0.05) is 27.2 Å². The minimum atomic E-state index is -0.165. The molecule has 2 aliphatic carbocycles. The lowest BCUT2D eigenvalue weighted by Crippen LogP contribution is -2.61. The fourth-order valence-corrected chi connectivity index (χ4v) is 5.91. The molecule has 1 unspecified atom stereocenters.